The van der Waals surface area contributed by atoms with Gasteiger partial charge in [0.25, 0.3) is 5.91 Å². The fourth-order valence-corrected chi connectivity index (χ4v) is 2.11. The largest absolute Gasteiger partial charge is 0.492 e. The molecule has 2 rings (SSSR count). The smallest absolute Gasteiger partial charge is 0.253 e. The van der Waals surface area contributed by atoms with Gasteiger partial charge in [-0.25, -0.2) is 4.39 Å². The molecule has 0 aliphatic heterocycles. The number of benzene rings is 2. The van der Waals surface area contributed by atoms with E-state index in [0.717, 1.165) is 5.56 Å². The third-order valence-electron chi connectivity index (χ3n) is 3.34. The molecule has 0 saturated heterocycles. The maximum atomic E-state index is 12.8. The Bertz CT molecular complexity index is 643. The maximum absolute atomic E-state index is 12.8. The van der Waals surface area contributed by atoms with E-state index in [1.54, 1.807) is 37.3 Å². The zero-order valence-electron chi connectivity index (χ0n) is 13.3. The van der Waals surface area contributed by atoms with Gasteiger partial charge >= 0.3 is 0 Å². The molecule has 0 N–H and O–H groups in total. The van der Waals surface area contributed by atoms with Gasteiger partial charge < -0.3 is 14.4 Å². The van der Waals surface area contributed by atoms with Crippen molar-refractivity contribution < 1.29 is 18.7 Å². The third kappa shape index (κ3) is 5.07. The van der Waals surface area contributed by atoms with Crippen molar-refractivity contribution in [3.63, 3.8) is 0 Å². The number of ether oxygens (including phenoxy) is 2. The average molecular weight is 317 g/mol. The number of rotatable bonds is 7. The van der Waals surface area contributed by atoms with Gasteiger partial charge in [-0.3, -0.25) is 4.79 Å². The maximum Gasteiger partial charge on any atom is 0.253 e. The van der Waals surface area contributed by atoms with Gasteiger partial charge in [-0.05, 0) is 42.0 Å². The minimum Gasteiger partial charge on any atom is -0.492 e. The van der Waals surface area contributed by atoms with Crippen molar-refractivity contribution in [2.75, 3.05) is 27.3 Å². The number of methoxy groups -OCH3 is 1. The molecule has 0 saturated carbocycles. The highest BCUT2D eigenvalue weighted by Crippen LogP contribution is 2.12. The van der Waals surface area contributed by atoms with Gasteiger partial charge in [-0.1, -0.05) is 12.1 Å². The topological polar surface area (TPSA) is 38.8 Å². The zero-order valence-corrected chi connectivity index (χ0v) is 13.3. The Labute approximate surface area is 135 Å². The fourth-order valence-electron chi connectivity index (χ4n) is 2.11. The summed E-state index contributed by atoms with van der Waals surface area (Å²) in [6.45, 7) is 1.24. The van der Waals surface area contributed by atoms with Crippen LogP contribution in [-0.2, 0) is 11.3 Å². The van der Waals surface area contributed by atoms with E-state index in [1.165, 1.54) is 12.1 Å². The molecule has 0 spiro atoms. The summed E-state index contributed by atoms with van der Waals surface area (Å²) >= 11 is 0. The lowest BCUT2D eigenvalue weighted by Crippen LogP contribution is -2.30. The highest BCUT2D eigenvalue weighted by atomic mass is 19.1. The van der Waals surface area contributed by atoms with Gasteiger partial charge in [0, 0.05) is 19.7 Å². The second-order valence-electron chi connectivity index (χ2n) is 5.16. The van der Waals surface area contributed by atoms with Crippen LogP contribution in [-0.4, -0.2) is 38.1 Å². The van der Waals surface area contributed by atoms with E-state index in [1.807, 2.05) is 18.2 Å². The van der Waals surface area contributed by atoms with Gasteiger partial charge in [0.05, 0.1) is 13.2 Å². The van der Waals surface area contributed by atoms with Gasteiger partial charge in [-0.2, -0.15) is 0 Å². The summed E-state index contributed by atoms with van der Waals surface area (Å²) in [5.74, 6) is 0.195. The van der Waals surface area contributed by atoms with Crippen molar-refractivity contribution in [2.24, 2.45) is 0 Å². The number of halogens is 1. The Morgan fingerprint density at radius 3 is 2.61 bits per heavy atom. The minimum absolute atomic E-state index is 0.0781. The molecule has 0 aliphatic carbocycles. The van der Waals surface area contributed by atoms with E-state index in [9.17, 15) is 9.18 Å². The standard InChI is InChI=1S/C18H20FNO3/c1-20(10-11-23-17-8-6-16(19)7-9-17)18(21)15-5-3-4-14(12-15)13-22-2/h3-9,12H,10-11,13H2,1-2H3. The van der Waals surface area contributed by atoms with Crippen molar-refractivity contribution >= 4 is 5.91 Å². The molecule has 0 radical (unpaired) electrons. The number of carbonyl (C=O) groups excluding carboxylic acids is 1. The SMILES string of the molecule is COCc1cccc(C(=O)N(C)CCOc2ccc(F)cc2)c1. The molecule has 5 heteroatoms. The van der Waals surface area contributed by atoms with Crippen molar-refractivity contribution in [3.8, 4) is 5.75 Å². The highest BCUT2D eigenvalue weighted by molar-refractivity contribution is 5.94. The lowest BCUT2D eigenvalue weighted by Gasteiger charge is -2.18. The van der Waals surface area contributed by atoms with Crippen molar-refractivity contribution in [1.29, 1.82) is 0 Å². The van der Waals surface area contributed by atoms with Crippen molar-refractivity contribution in [2.45, 2.75) is 6.61 Å². The number of amides is 1. The van der Waals surface area contributed by atoms with Crippen LogP contribution in [0, 0.1) is 5.82 Å². The second kappa shape index (κ2) is 8.29. The summed E-state index contributed by atoms with van der Waals surface area (Å²) in [4.78, 5) is 14.0. The quantitative estimate of drug-likeness (QED) is 0.787. The van der Waals surface area contributed by atoms with Crippen LogP contribution in [0.4, 0.5) is 4.39 Å². The van der Waals surface area contributed by atoms with E-state index in [-0.39, 0.29) is 11.7 Å². The Kier molecular flexibility index (Phi) is 6.11. The summed E-state index contributed by atoms with van der Waals surface area (Å²) in [5.41, 5.74) is 1.57. The predicted molar refractivity (Wildman–Crippen MR) is 86.0 cm³/mol. The van der Waals surface area contributed by atoms with Crippen molar-refractivity contribution in [1.82, 2.24) is 4.90 Å². The van der Waals surface area contributed by atoms with Crippen LogP contribution < -0.4 is 4.74 Å². The third-order valence-corrected chi connectivity index (χ3v) is 3.34. The molecule has 0 atom stereocenters. The molecule has 23 heavy (non-hydrogen) atoms. The van der Waals surface area contributed by atoms with E-state index in [2.05, 4.69) is 0 Å². The number of hydrogen-bond acceptors (Lipinski definition) is 3. The van der Waals surface area contributed by atoms with Crippen LogP contribution >= 0.6 is 0 Å². The predicted octanol–water partition coefficient (Wildman–Crippen LogP) is 3.12. The van der Waals surface area contributed by atoms with E-state index in [0.29, 0.717) is 31.1 Å². The zero-order chi connectivity index (χ0) is 16.7. The lowest BCUT2D eigenvalue weighted by atomic mass is 10.1. The number of likely N-dealkylation sites (N-methyl/N-ethyl adjacent to an activating group) is 1. The van der Waals surface area contributed by atoms with Gasteiger partial charge in [-0.15, -0.1) is 0 Å². The van der Waals surface area contributed by atoms with Crippen LogP contribution in [0.1, 0.15) is 15.9 Å². The summed E-state index contributed by atoms with van der Waals surface area (Å²) in [5, 5.41) is 0. The van der Waals surface area contributed by atoms with Crippen LogP contribution in [0.25, 0.3) is 0 Å². The first-order valence-corrected chi connectivity index (χ1v) is 7.32. The lowest BCUT2D eigenvalue weighted by molar-refractivity contribution is 0.0773. The Hall–Kier alpha value is -2.40. The van der Waals surface area contributed by atoms with Crippen LogP contribution in [0.5, 0.6) is 5.75 Å². The summed E-state index contributed by atoms with van der Waals surface area (Å²) in [6.07, 6.45) is 0. The van der Waals surface area contributed by atoms with Gasteiger partial charge in [0.15, 0.2) is 0 Å². The first-order valence-electron chi connectivity index (χ1n) is 7.32. The first kappa shape index (κ1) is 17.0. The molecule has 0 heterocycles. The molecule has 2 aromatic carbocycles. The Balaban J connectivity index is 1.87. The molecule has 0 unspecified atom stereocenters. The molecular formula is C18H20FNO3. The fraction of sp³-hybridized carbons (Fsp3) is 0.278. The monoisotopic (exact) mass is 317 g/mol. The number of nitrogens with zero attached hydrogens (tertiary/aromatic N) is 1. The van der Waals surface area contributed by atoms with E-state index < -0.39 is 0 Å². The summed E-state index contributed by atoms with van der Waals surface area (Å²) < 4.78 is 23.4. The Morgan fingerprint density at radius 1 is 1.17 bits per heavy atom. The first-order chi connectivity index (χ1) is 11.1. The summed E-state index contributed by atoms with van der Waals surface area (Å²) in [6, 6.07) is 13.2. The number of carbonyl (C=O) groups is 1. The van der Waals surface area contributed by atoms with E-state index >= 15 is 0 Å². The second-order valence-corrected chi connectivity index (χ2v) is 5.16. The Morgan fingerprint density at radius 2 is 1.91 bits per heavy atom. The minimum atomic E-state index is -0.305. The van der Waals surface area contributed by atoms with Crippen LogP contribution in [0.15, 0.2) is 48.5 Å². The van der Waals surface area contributed by atoms with E-state index in [4.69, 9.17) is 9.47 Å². The normalized spacial score (nSPS) is 10.4. The van der Waals surface area contributed by atoms with Crippen LogP contribution in [0.2, 0.25) is 0 Å². The molecule has 0 aliphatic rings. The average Bonchev–Trinajstić information content (AvgIpc) is 2.56. The molecule has 0 fully saturated rings. The highest BCUT2D eigenvalue weighted by Gasteiger charge is 2.12. The molecule has 1 amide bonds. The molecule has 0 aromatic heterocycles. The molecule has 2 aromatic rings. The molecule has 4 nitrogen and oxygen atoms in total. The molecule has 122 valence electrons. The summed E-state index contributed by atoms with van der Waals surface area (Å²) in [7, 11) is 3.34. The molecule has 0 bridgehead atoms. The van der Waals surface area contributed by atoms with Gasteiger partial charge in [0.2, 0.25) is 0 Å². The number of hydrogen-bond donors (Lipinski definition) is 0. The van der Waals surface area contributed by atoms with Crippen LogP contribution in [0.3, 0.4) is 0 Å². The van der Waals surface area contributed by atoms with Gasteiger partial charge in [0.1, 0.15) is 18.2 Å². The molecular weight excluding hydrogens is 297 g/mol. The van der Waals surface area contributed by atoms with Crippen molar-refractivity contribution in [3.05, 3.63) is 65.5 Å².